The molecule has 146 valence electrons. The van der Waals surface area contributed by atoms with Gasteiger partial charge in [-0.15, -0.1) is 0 Å². The van der Waals surface area contributed by atoms with Gasteiger partial charge in [-0.1, -0.05) is 34.1 Å². The molecule has 1 saturated heterocycles. The first-order valence-electron chi connectivity index (χ1n) is 9.13. The van der Waals surface area contributed by atoms with Crippen LogP contribution in [0, 0.1) is 6.92 Å². The number of aryl methyl sites for hydroxylation is 1. The molecule has 0 aromatic heterocycles. The number of nitrogens with zero attached hydrogens (tertiary/aromatic N) is 2. The van der Waals surface area contributed by atoms with Crippen LogP contribution in [0.5, 0.6) is 0 Å². The molecule has 1 atom stereocenters. The number of anilines is 1. The molecule has 2 aromatic rings. The van der Waals surface area contributed by atoms with Gasteiger partial charge in [0, 0.05) is 15.6 Å². The third-order valence-corrected chi connectivity index (χ3v) is 5.36. The smallest absolute Gasteiger partial charge is 0.257 e. The van der Waals surface area contributed by atoms with Gasteiger partial charge in [0.15, 0.2) is 0 Å². The highest BCUT2D eigenvalue weighted by molar-refractivity contribution is 9.10. The van der Waals surface area contributed by atoms with Gasteiger partial charge in [-0.3, -0.25) is 14.4 Å². The quantitative estimate of drug-likeness (QED) is 0.664. The van der Waals surface area contributed by atoms with Crippen molar-refractivity contribution in [2.45, 2.75) is 45.7 Å². The van der Waals surface area contributed by atoms with Crippen LogP contribution in [0.4, 0.5) is 5.69 Å². The summed E-state index contributed by atoms with van der Waals surface area (Å²) in [5, 5.41) is 0. The molecular formula is C22H23BrN2O3. The molecule has 3 rings (SSSR count). The molecule has 3 amide bonds. The number of rotatable bonds is 3. The molecule has 0 spiro atoms. The maximum Gasteiger partial charge on any atom is 0.257 e. The van der Waals surface area contributed by atoms with E-state index in [2.05, 4.69) is 15.9 Å². The first-order valence-corrected chi connectivity index (χ1v) is 9.92. The molecule has 1 fully saturated rings. The van der Waals surface area contributed by atoms with Crippen molar-refractivity contribution in [2.24, 2.45) is 0 Å². The Morgan fingerprint density at radius 1 is 1.07 bits per heavy atom. The summed E-state index contributed by atoms with van der Waals surface area (Å²) in [5.41, 5.74) is 1.26. The Balaban J connectivity index is 1.99. The topological polar surface area (TPSA) is 57.7 Å². The normalized spacial score (nSPS) is 17.2. The highest BCUT2D eigenvalue weighted by Crippen LogP contribution is 2.31. The number of hydrogen-bond donors (Lipinski definition) is 0. The van der Waals surface area contributed by atoms with Crippen LogP contribution in [-0.2, 0) is 9.59 Å². The maximum atomic E-state index is 13.4. The van der Waals surface area contributed by atoms with E-state index in [0.717, 1.165) is 10.0 Å². The van der Waals surface area contributed by atoms with Crippen molar-refractivity contribution < 1.29 is 14.4 Å². The summed E-state index contributed by atoms with van der Waals surface area (Å²) in [6, 6.07) is 13.5. The van der Waals surface area contributed by atoms with E-state index < -0.39 is 11.6 Å². The van der Waals surface area contributed by atoms with Gasteiger partial charge in [0.1, 0.15) is 6.04 Å². The zero-order valence-electron chi connectivity index (χ0n) is 16.4. The zero-order chi connectivity index (χ0) is 20.6. The lowest BCUT2D eigenvalue weighted by Gasteiger charge is -2.39. The van der Waals surface area contributed by atoms with Crippen LogP contribution in [0.3, 0.4) is 0 Å². The van der Waals surface area contributed by atoms with Gasteiger partial charge in [-0.05, 0) is 63.6 Å². The van der Waals surface area contributed by atoms with Crippen LogP contribution in [0.15, 0.2) is 53.0 Å². The molecule has 0 bridgehead atoms. The van der Waals surface area contributed by atoms with Gasteiger partial charge in [0.05, 0.1) is 12.1 Å². The summed E-state index contributed by atoms with van der Waals surface area (Å²) in [5.74, 6) is -0.914. The Hall–Kier alpha value is -2.47. The fourth-order valence-corrected chi connectivity index (χ4v) is 3.80. The van der Waals surface area contributed by atoms with E-state index in [1.54, 1.807) is 41.3 Å². The molecule has 5 nitrogen and oxygen atoms in total. The van der Waals surface area contributed by atoms with E-state index in [9.17, 15) is 14.4 Å². The Morgan fingerprint density at radius 3 is 2.25 bits per heavy atom. The molecule has 1 aliphatic rings. The highest BCUT2D eigenvalue weighted by atomic mass is 79.9. The van der Waals surface area contributed by atoms with E-state index in [1.807, 2.05) is 39.8 Å². The van der Waals surface area contributed by atoms with Crippen LogP contribution in [-0.4, -0.2) is 34.2 Å². The van der Waals surface area contributed by atoms with E-state index in [0.29, 0.717) is 11.3 Å². The number of amides is 3. The largest absolute Gasteiger partial charge is 0.321 e. The second kappa shape index (κ2) is 7.51. The Kier molecular flexibility index (Phi) is 5.44. The molecule has 6 heteroatoms. The number of hydrogen-bond acceptors (Lipinski definition) is 3. The molecule has 0 saturated carbocycles. The first kappa shape index (κ1) is 20.3. The Morgan fingerprint density at radius 2 is 1.68 bits per heavy atom. The average Bonchev–Trinajstić information content (AvgIpc) is 2.89. The van der Waals surface area contributed by atoms with Crippen LogP contribution >= 0.6 is 15.9 Å². The van der Waals surface area contributed by atoms with Gasteiger partial charge in [0.25, 0.3) is 11.8 Å². The van der Waals surface area contributed by atoms with Crippen LogP contribution < -0.4 is 4.90 Å². The molecule has 1 unspecified atom stereocenters. The Labute approximate surface area is 173 Å². The summed E-state index contributed by atoms with van der Waals surface area (Å²) < 4.78 is 0.859. The number of benzene rings is 2. The third kappa shape index (κ3) is 3.74. The van der Waals surface area contributed by atoms with Crippen molar-refractivity contribution in [1.82, 2.24) is 4.90 Å². The maximum absolute atomic E-state index is 13.4. The number of imide groups is 1. The lowest BCUT2D eigenvalue weighted by atomic mass is 9.98. The first-order chi connectivity index (χ1) is 13.1. The lowest BCUT2D eigenvalue weighted by Crippen LogP contribution is -2.54. The number of carbonyl (C=O) groups is 3. The molecule has 1 heterocycles. The van der Waals surface area contributed by atoms with Gasteiger partial charge >= 0.3 is 0 Å². The van der Waals surface area contributed by atoms with Crippen molar-refractivity contribution in [1.29, 1.82) is 0 Å². The van der Waals surface area contributed by atoms with E-state index in [-0.39, 0.29) is 24.1 Å². The second-order valence-electron chi connectivity index (χ2n) is 7.92. The van der Waals surface area contributed by atoms with E-state index in [4.69, 9.17) is 0 Å². The number of carbonyl (C=O) groups excluding carboxylic acids is 3. The average molecular weight is 443 g/mol. The summed E-state index contributed by atoms with van der Waals surface area (Å²) in [6.07, 6.45) is -0.0240. The van der Waals surface area contributed by atoms with Crippen molar-refractivity contribution in [3.63, 3.8) is 0 Å². The van der Waals surface area contributed by atoms with Crippen LogP contribution in [0.1, 0.15) is 43.1 Å². The molecule has 0 aliphatic carbocycles. The summed E-state index contributed by atoms with van der Waals surface area (Å²) in [4.78, 5) is 42.0. The van der Waals surface area contributed by atoms with Gasteiger partial charge in [-0.25, -0.2) is 4.90 Å². The minimum absolute atomic E-state index is 0.0240. The molecule has 1 aliphatic heterocycles. The fraction of sp³-hybridized carbons (Fsp3) is 0.318. The molecule has 28 heavy (non-hydrogen) atoms. The summed E-state index contributed by atoms with van der Waals surface area (Å²) in [6.45, 7) is 7.50. The van der Waals surface area contributed by atoms with E-state index >= 15 is 0 Å². The van der Waals surface area contributed by atoms with Crippen molar-refractivity contribution in [2.75, 3.05) is 4.90 Å². The SMILES string of the molecule is Cc1ccccc1C(=O)N(C1CC(=O)N(c2ccc(Br)cc2)C1=O)C(C)(C)C. The third-order valence-electron chi connectivity index (χ3n) is 4.84. The predicted octanol–water partition coefficient (Wildman–Crippen LogP) is 4.33. The number of halogens is 1. The van der Waals surface area contributed by atoms with Crippen molar-refractivity contribution in [3.8, 4) is 0 Å². The molecule has 0 radical (unpaired) electrons. The van der Waals surface area contributed by atoms with Crippen molar-refractivity contribution >= 4 is 39.3 Å². The molecule has 0 N–H and O–H groups in total. The Bertz CT molecular complexity index is 932. The van der Waals surface area contributed by atoms with E-state index in [1.165, 1.54) is 4.90 Å². The molecular weight excluding hydrogens is 420 g/mol. The lowest BCUT2D eigenvalue weighted by molar-refractivity contribution is -0.123. The monoisotopic (exact) mass is 442 g/mol. The van der Waals surface area contributed by atoms with Crippen molar-refractivity contribution in [3.05, 3.63) is 64.1 Å². The zero-order valence-corrected chi connectivity index (χ0v) is 18.0. The van der Waals surface area contributed by atoms with Crippen LogP contribution in [0.2, 0.25) is 0 Å². The second-order valence-corrected chi connectivity index (χ2v) is 8.84. The summed E-state index contributed by atoms with van der Waals surface area (Å²) in [7, 11) is 0. The summed E-state index contributed by atoms with van der Waals surface area (Å²) >= 11 is 3.36. The minimum Gasteiger partial charge on any atom is -0.321 e. The molecule has 2 aromatic carbocycles. The minimum atomic E-state index is -0.830. The van der Waals surface area contributed by atoms with Crippen LogP contribution in [0.25, 0.3) is 0 Å². The van der Waals surface area contributed by atoms with Gasteiger partial charge in [-0.2, -0.15) is 0 Å². The highest BCUT2D eigenvalue weighted by Gasteiger charge is 2.47. The fourth-order valence-electron chi connectivity index (χ4n) is 3.54. The van der Waals surface area contributed by atoms with Gasteiger partial charge < -0.3 is 4.90 Å². The van der Waals surface area contributed by atoms with Gasteiger partial charge in [0.2, 0.25) is 5.91 Å². The standard InChI is InChI=1S/C22H23BrN2O3/c1-14-7-5-6-8-17(14)20(27)25(22(2,3)4)18-13-19(26)24(21(18)28)16-11-9-15(23)10-12-16/h5-12,18H,13H2,1-4H3. The predicted molar refractivity (Wildman–Crippen MR) is 112 cm³/mol.